The van der Waals surface area contributed by atoms with Crippen molar-refractivity contribution in [2.45, 2.75) is 110 Å². The smallest absolute Gasteiger partial charge is 0.404 e. The molecule has 3 amide bonds. The second-order valence-corrected chi connectivity index (χ2v) is 14.3. The van der Waals surface area contributed by atoms with Gasteiger partial charge in [-0.2, -0.15) is 5.26 Å². The fourth-order valence-electron chi connectivity index (χ4n) is 8.03. The van der Waals surface area contributed by atoms with Crippen LogP contribution >= 0.6 is 0 Å². The fourth-order valence-corrected chi connectivity index (χ4v) is 8.03. The molecule has 1 aromatic rings. The summed E-state index contributed by atoms with van der Waals surface area (Å²) in [6.45, 7) is 12.1. The summed E-state index contributed by atoms with van der Waals surface area (Å²) in [5, 5.41) is 15.9. The van der Waals surface area contributed by atoms with Crippen molar-refractivity contribution in [3.8, 4) is 6.07 Å². The molecule has 2 heterocycles. The summed E-state index contributed by atoms with van der Waals surface area (Å²) < 4.78 is 13.3. The van der Waals surface area contributed by atoms with Gasteiger partial charge in [-0.15, -0.1) is 0 Å². The molecule has 2 aliphatic heterocycles. The fraction of sp³-hybridized carbons (Fsp3) is 0.727. The molecule has 0 radical (unpaired) electrons. The number of nitrogens with zero attached hydrogens (tertiary/aromatic N) is 2. The maximum Gasteiger partial charge on any atom is 0.482 e. The number of hydrogen-bond donors (Lipinski definition) is 2. The van der Waals surface area contributed by atoms with Gasteiger partial charge in [-0.25, -0.2) is 4.79 Å². The van der Waals surface area contributed by atoms with Crippen LogP contribution in [0.1, 0.15) is 85.1 Å². The van der Waals surface area contributed by atoms with Gasteiger partial charge in [-0.1, -0.05) is 58.0 Å². The number of amides is 3. The van der Waals surface area contributed by atoms with Crippen molar-refractivity contribution in [1.29, 1.82) is 5.26 Å². The third-order valence-electron chi connectivity index (χ3n) is 10.8. The van der Waals surface area contributed by atoms with Gasteiger partial charge in [0, 0.05) is 19.1 Å². The van der Waals surface area contributed by atoms with Gasteiger partial charge in [0.1, 0.15) is 5.92 Å². The second-order valence-electron chi connectivity index (χ2n) is 14.3. The maximum absolute atomic E-state index is 13.4. The van der Waals surface area contributed by atoms with Crippen molar-refractivity contribution in [3.63, 3.8) is 0 Å². The van der Waals surface area contributed by atoms with Crippen LogP contribution in [0, 0.1) is 40.4 Å². The molecule has 8 nitrogen and oxygen atoms in total. The highest BCUT2D eigenvalue weighted by Crippen LogP contribution is 2.65. The Hall–Kier alpha value is -2.57. The molecule has 7 atom stereocenters. The number of nitrogens with one attached hydrogen (secondary N) is 2. The highest BCUT2D eigenvalue weighted by molar-refractivity contribution is 6.48. The van der Waals surface area contributed by atoms with Crippen molar-refractivity contribution in [2.75, 3.05) is 13.1 Å². The number of carbonyl (C=O) groups excluding carboxylic acids is 2. The first kappa shape index (κ1) is 30.9. The lowest BCUT2D eigenvalue weighted by molar-refractivity contribution is -0.199. The highest BCUT2D eigenvalue weighted by Gasteiger charge is 2.68. The van der Waals surface area contributed by atoms with Crippen LogP contribution in [0.25, 0.3) is 0 Å². The van der Waals surface area contributed by atoms with Crippen LogP contribution in [0.3, 0.4) is 0 Å². The van der Waals surface area contributed by atoms with Crippen LogP contribution in [-0.2, 0) is 20.5 Å². The summed E-state index contributed by atoms with van der Waals surface area (Å²) in [6, 6.07) is 12.0. The third kappa shape index (κ3) is 6.21. The van der Waals surface area contributed by atoms with Crippen molar-refractivity contribution < 1.29 is 18.9 Å². The van der Waals surface area contributed by atoms with E-state index >= 15 is 0 Å². The van der Waals surface area contributed by atoms with E-state index in [0.717, 1.165) is 37.7 Å². The van der Waals surface area contributed by atoms with E-state index in [9.17, 15) is 14.9 Å². The number of nitriles is 1. The van der Waals surface area contributed by atoms with Crippen molar-refractivity contribution >= 4 is 19.1 Å². The van der Waals surface area contributed by atoms with Gasteiger partial charge in [0.2, 0.25) is 5.91 Å². The van der Waals surface area contributed by atoms with E-state index in [1.807, 2.05) is 23.1 Å². The van der Waals surface area contributed by atoms with E-state index in [-0.39, 0.29) is 41.0 Å². The van der Waals surface area contributed by atoms with Gasteiger partial charge in [-0.3, -0.25) is 4.79 Å². The number of hydrogen-bond acceptors (Lipinski definition) is 5. The molecular weight excluding hydrogens is 527 g/mol. The molecule has 1 unspecified atom stereocenters. The Labute approximate surface area is 252 Å². The molecular formula is C33H49BN4O4. The number of carbonyl (C=O) groups is 2. The zero-order valence-corrected chi connectivity index (χ0v) is 26.1. The minimum Gasteiger partial charge on any atom is -0.404 e. The summed E-state index contributed by atoms with van der Waals surface area (Å²) in [7, 11) is -0.536. The lowest BCUT2D eigenvalue weighted by atomic mass is 9.43. The lowest BCUT2D eigenvalue weighted by Crippen LogP contribution is -2.65. The van der Waals surface area contributed by atoms with E-state index in [1.54, 1.807) is 0 Å². The molecule has 3 aliphatic carbocycles. The summed E-state index contributed by atoms with van der Waals surface area (Å²) in [6.07, 6.45) is 6.95. The first-order valence-corrected chi connectivity index (χ1v) is 16.1. The monoisotopic (exact) mass is 576 g/mol. The summed E-state index contributed by atoms with van der Waals surface area (Å²) >= 11 is 0. The molecule has 42 heavy (non-hydrogen) atoms. The standard InChI is InChI=1S/C33H49BN4O4/c1-22(2)14-15-24(20-35)30(39)38-16-10-9-13-26(38)21-36-31(40)37-29(17-23-11-7-6-8-12-23)34-41-28-19-25-18-27(32(25,3)4)33(28,5)42-34/h6-8,11-12,22,24-29H,9-10,13-19,21H2,1-5H3,(H2,36,37,40)/t24?,25-,26+,27-,28+,29-,33-/m0/s1. The number of urea groups is 1. The van der Waals surface area contributed by atoms with E-state index in [0.29, 0.717) is 43.7 Å². The molecule has 0 aromatic heterocycles. The SMILES string of the molecule is CC(C)CCC(C#N)C(=O)N1CCCC[C@@H]1CNC(=O)N[C@@H](Cc1ccccc1)B1O[C@@H]2C[C@@H]3C[C@@H](C3(C)C)[C@]2(C)O1. The number of rotatable bonds is 10. The first-order chi connectivity index (χ1) is 20.0. The molecule has 3 saturated carbocycles. The number of benzene rings is 1. The molecule has 9 heteroatoms. The maximum atomic E-state index is 13.4. The summed E-state index contributed by atoms with van der Waals surface area (Å²) in [5.41, 5.74) is 0.991. The van der Waals surface area contributed by atoms with Gasteiger partial charge in [0.25, 0.3) is 0 Å². The van der Waals surface area contributed by atoms with Crippen molar-refractivity contribution in [3.05, 3.63) is 35.9 Å². The zero-order chi connectivity index (χ0) is 30.1. The molecule has 1 aromatic carbocycles. The van der Waals surface area contributed by atoms with Crippen LogP contribution in [0.15, 0.2) is 30.3 Å². The average Bonchev–Trinajstić information content (AvgIpc) is 3.33. The van der Waals surface area contributed by atoms with E-state index in [1.165, 1.54) is 6.42 Å². The largest absolute Gasteiger partial charge is 0.482 e. The average molecular weight is 577 g/mol. The van der Waals surface area contributed by atoms with Gasteiger partial charge in [0.15, 0.2) is 0 Å². The summed E-state index contributed by atoms with van der Waals surface area (Å²) in [5.74, 6) is 0.442. The van der Waals surface area contributed by atoms with Crippen LogP contribution < -0.4 is 10.6 Å². The van der Waals surface area contributed by atoms with Crippen molar-refractivity contribution in [1.82, 2.24) is 15.5 Å². The lowest BCUT2D eigenvalue weighted by Gasteiger charge is -2.64. The van der Waals surface area contributed by atoms with Gasteiger partial charge in [0.05, 0.1) is 23.7 Å². The molecule has 5 fully saturated rings. The molecule has 2 saturated heterocycles. The Kier molecular flexibility index (Phi) is 9.25. The molecule has 2 bridgehead atoms. The number of likely N-dealkylation sites (tertiary alicyclic amines) is 1. The van der Waals surface area contributed by atoms with E-state index in [2.05, 4.69) is 63.5 Å². The molecule has 2 N–H and O–H groups in total. The zero-order valence-electron chi connectivity index (χ0n) is 26.1. The molecule has 6 rings (SSSR count). The second kappa shape index (κ2) is 12.6. The van der Waals surface area contributed by atoms with E-state index < -0.39 is 13.0 Å². The Morgan fingerprint density at radius 2 is 1.90 bits per heavy atom. The first-order valence-electron chi connectivity index (χ1n) is 16.1. The van der Waals surface area contributed by atoms with Gasteiger partial charge >= 0.3 is 13.1 Å². The molecule has 228 valence electrons. The Bertz CT molecular complexity index is 1160. The Morgan fingerprint density at radius 1 is 1.14 bits per heavy atom. The minimum atomic E-state index is -0.630. The predicted octanol–water partition coefficient (Wildman–Crippen LogP) is 5.12. The number of piperidine rings is 1. The van der Waals surface area contributed by atoms with Gasteiger partial charge in [-0.05, 0) is 87.0 Å². The highest BCUT2D eigenvalue weighted by atomic mass is 16.7. The topological polar surface area (TPSA) is 104 Å². The quantitative estimate of drug-likeness (QED) is 0.377. The minimum absolute atomic E-state index is 0.0352. The van der Waals surface area contributed by atoms with Crippen molar-refractivity contribution in [2.24, 2.45) is 29.1 Å². The van der Waals surface area contributed by atoms with E-state index in [4.69, 9.17) is 9.31 Å². The predicted molar refractivity (Wildman–Crippen MR) is 163 cm³/mol. The normalized spacial score (nSPS) is 31.0. The third-order valence-corrected chi connectivity index (χ3v) is 10.8. The Balaban J connectivity index is 1.23. The van der Waals surface area contributed by atoms with Crippen LogP contribution in [0.4, 0.5) is 4.79 Å². The summed E-state index contributed by atoms with van der Waals surface area (Å²) in [4.78, 5) is 28.5. The molecule has 5 aliphatic rings. The van der Waals surface area contributed by atoms with Crippen LogP contribution in [0.5, 0.6) is 0 Å². The van der Waals surface area contributed by atoms with Crippen LogP contribution in [0.2, 0.25) is 0 Å². The Morgan fingerprint density at radius 3 is 2.60 bits per heavy atom. The van der Waals surface area contributed by atoms with Gasteiger partial charge < -0.3 is 24.8 Å². The molecule has 0 spiro atoms. The van der Waals surface area contributed by atoms with Crippen LogP contribution in [-0.4, -0.2) is 60.7 Å².